The highest BCUT2D eigenvalue weighted by atomic mass is 16.3. The first kappa shape index (κ1) is 21.5. The Morgan fingerprint density at radius 2 is 0.756 bits per heavy atom. The van der Waals surface area contributed by atoms with Gasteiger partial charge in [-0.25, -0.2) is 0 Å². The van der Waals surface area contributed by atoms with Gasteiger partial charge in [-0.15, -0.1) is 0 Å². The third-order valence-electron chi connectivity index (χ3n) is 9.15. The zero-order valence-electron chi connectivity index (χ0n) is 22.3. The Morgan fingerprint density at radius 3 is 1.12 bits per heavy atom. The quantitative estimate of drug-likeness (QED) is 0.221. The van der Waals surface area contributed by atoms with Crippen molar-refractivity contribution in [1.82, 2.24) is 9.13 Å². The zero-order chi connectivity index (χ0) is 26.7. The SMILES string of the molecule is c1ccc2c(c1)c1ccccc1n2-c1cc2c3c(c1)oc1cc(-n4c5ccccc5c5ccccc54)cc(c13)CC2. The Hall–Kier alpha value is -5.28. The summed E-state index contributed by atoms with van der Waals surface area (Å²) in [6.45, 7) is 0. The Morgan fingerprint density at radius 1 is 0.415 bits per heavy atom. The maximum Gasteiger partial charge on any atom is 0.137 e. The number of furan rings is 1. The minimum absolute atomic E-state index is 0.967. The van der Waals surface area contributed by atoms with Crippen LogP contribution < -0.4 is 0 Å². The summed E-state index contributed by atoms with van der Waals surface area (Å²) in [6, 6.07) is 44.1. The zero-order valence-corrected chi connectivity index (χ0v) is 22.3. The van der Waals surface area contributed by atoms with Crippen LogP contribution in [0.15, 0.2) is 126 Å². The average molecular weight is 525 g/mol. The van der Waals surface area contributed by atoms with Crippen molar-refractivity contribution in [2.75, 3.05) is 0 Å². The molecule has 0 bridgehead atoms. The van der Waals surface area contributed by atoms with E-state index in [9.17, 15) is 0 Å². The van der Waals surface area contributed by atoms with Crippen molar-refractivity contribution < 1.29 is 4.42 Å². The van der Waals surface area contributed by atoms with E-state index in [0.29, 0.717) is 0 Å². The molecule has 0 fully saturated rings. The first-order chi connectivity index (χ1) is 20.3. The maximum absolute atomic E-state index is 6.75. The molecule has 0 amide bonds. The Bertz CT molecular complexity index is 2260. The van der Waals surface area contributed by atoms with Crippen molar-refractivity contribution >= 4 is 65.6 Å². The molecule has 3 heterocycles. The standard InChI is InChI=1S/C38H24N2O/c1-5-13-31-27(9-1)28-10-2-6-14-32(28)39(31)25-19-23-17-18-24-20-26(22-36-38(24)37(23)35(21-25)41-36)40-33-15-7-3-11-29(33)30-12-4-8-16-34(30)40/h1-16,19-22H,17-18H2. The van der Waals surface area contributed by atoms with E-state index in [1.807, 2.05) is 0 Å². The Balaban J connectivity index is 1.26. The summed E-state index contributed by atoms with van der Waals surface area (Å²) < 4.78 is 11.5. The minimum atomic E-state index is 0.967. The van der Waals surface area contributed by atoms with E-state index in [4.69, 9.17) is 4.42 Å². The Kier molecular flexibility index (Phi) is 4.03. The smallest absolute Gasteiger partial charge is 0.137 e. The second-order valence-electron chi connectivity index (χ2n) is 11.3. The molecular formula is C38H24N2O. The second-order valence-corrected chi connectivity index (χ2v) is 11.3. The molecule has 3 aromatic heterocycles. The van der Waals surface area contributed by atoms with E-state index in [-0.39, 0.29) is 0 Å². The number of fused-ring (bicyclic) bond motifs is 6. The van der Waals surface area contributed by atoms with Crippen LogP contribution in [0.25, 0.3) is 76.9 Å². The first-order valence-corrected chi connectivity index (χ1v) is 14.3. The summed E-state index contributed by atoms with van der Waals surface area (Å²) in [5, 5.41) is 7.66. The molecule has 0 spiro atoms. The van der Waals surface area contributed by atoms with Gasteiger partial charge in [0.2, 0.25) is 0 Å². The monoisotopic (exact) mass is 524 g/mol. The summed E-state index contributed by atoms with van der Waals surface area (Å²) in [7, 11) is 0. The van der Waals surface area contributed by atoms with E-state index < -0.39 is 0 Å². The topological polar surface area (TPSA) is 23.0 Å². The molecule has 41 heavy (non-hydrogen) atoms. The van der Waals surface area contributed by atoms with Crippen molar-refractivity contribution in [1.29, 1.82) is 0 Å². The summed E-state index contributed by atoms with van der Waals surface area (Å²) in [4.78, 5) is 0. The van der Waals surface area contributed by atoms with Crippen LogP contribution in [0.5, 0.6) is 0 Å². The molecule has 0 saturated carbocycles. The van der Waals surface area contributed by atoms with Crippen molar-refractivity contribution in [3.63, 3.8) is 0 Å². The molecule has 3 heteroatoms. The van der Waals surface area contributed by atoms with E-state index in [1.54, 1.807) is 0 Å². The molecule has 1 aliphatic rings. The van der Waals surface area contributed by atoms with E-state index >= 15 is 0 Å². The molecule has 192 valence electrons. The summed E-state index contributed by atoms with van der Waals surface area (Å²) in [5.41, 5.74) is 11.9. The molecule has 0 aliphatic heterocycles. The van der Waals surface area contributed by atoms with Crippen LogP contribution >= 0.6 is 0 Å². The van der Waals surface area contributed by atoms with Gasteiger partial charge in [-0.1, -0.05) is 72.8 Å². The van der Waals surface area contributed by atoms with Crippen LogP contribution in [0.4, 0.5) is 0 Å². The number of benzene rings is 6. The van der Waals surface area contributed by atoms with Gasteiger partial charge in [-0.05, 0) is 60.4 Å². The lowest BCUT2D eigenvalue weighted by Gasteiger charge is -2.17. The predicted octanol–water partition coefficient (Wildman–Crippen LogP) is 9.88. The van der Waals surface area contributed by atoms with Crippen LogP contribution in [-0.2, 0) is 12.8 Å². The van der Waals surface area contributed by atoms with Gasteiger partial charge in [-0.2, -0.15) is 0 Å². The lowest BCUT2D eigenvalue weighted by molar-refractivity contribution is 0.668. The lowest BCUT2D eigenvalue weighted by Crippen LogP contribution is -2.03. The highest BCUT2D eigenvalue weighted by Gasteiger charge is 2.23. The van der Waals surface area contributed by atoms with Crippen LogP contribution in [0.3, 0.4) is 0 Å². The van der Waals surface area contributed by atoms with Gasteiger partial charge < -0.3 is 13.6 Å². The molecule has 0 N–H and O–H groups in total. The maximum atomic E-state index is 6.75. The van der Waals surface area contributed by atoms with Gasteiger partial charge in [0.05, 0.1) is 33.4 Å². The molecule has 10 rings (SSSR count). The average Bonchev–Trinajstić information content (AvgIpc) is 3.67. The predicted molar refractivity (Wildman–Crippen MR) is 170 cm³/mol. The van der Waals surface area contributed by atoms with Gasteiger partial charge >= 0.3 is 0 Å². The van der Waals surface area contributed by atoms with Crippen molar-refractivity contribution in [3.8, 4) is 11.4 Å². The van der Waals surface area contributed by atoms with E-state index in [2.05, 4.69) is 130 Å². The van der Waals surface area contributed by atoms with E-state index in [1.165, 1.54) is 65.5 Å². The largest absolute Gasteiger partial charge is 0.456 e. The van der Waals surface area contributed by atoms with Gasteiger partial charge in [0.15, 0.2) is 0 Å². The highest BCUT2D eigenvalue weighted by molar-refractivity contribution is 6.13. The summed E-state index contributed by atoms with van der Waals surface area (Å²) >= 11 is 0. The van der Waals surface area contributed by atoms with Crippen molar-refractivity contribution in [2.45, 2.75) is 12.8 Å². The van der Waals surface area contributed by atoms with Crippen LogP contribution in [0.1, 0.15) is 11.1 Å². The second kappa shape index (κ2) is 7.67. The number of nitrogens with zero attached hydrogens (tertiary/aromatic N) is 2. The number of aromatic nitrogens is 2. The number of para-hydroxylation sites is 4. The van der Waals surface area contributed by atoms with Crippen molar-refractivity contribution in [3.05, 3.63) is 132 Å². The number of hydrogen-bond acceptors (Lipinski definition) is 1. The third-order valence-corrected chi connectivity index (χ3v) is 9.15. The normalized spacial score (nSPS) is 13.2. The van der Waals surface area contributed by atoms with Gasteiger partial charge in [0.25, 0.3) is 0 Å². The molecular weight excluding hydrogens is 500 g/mol. The fourth-order valence-electron chi connectivity index (χ4n) is 7.48. The highest BCUT2D eigenvalue weighted by Crippen LogP contribution is 2.43. The number of hydrogen-bond donors (Lipinski definition) is 0. The molecule has 9 aromatic rings. The minimum Gasteiger partial charge on any atom is -0.456 e. The fourth-order valence-corrected chi connectivity index (χ4v) is 7.48. The molecule has 0 atom stereocenters. The summed E-state index contributed by atoms with van der Waals surface area (Å²) in [5.74, 6) is 0. The molecule has 3 nitrogen and oxygen atoms in total. The van der Waals surface area contributed by atoms with Crippen LogP contribution in [0, 0.1) is 0 Å². The van der Waals surface area contributed by atoms with Crippen molar-refractivity contribution in [2.24, 2.45) is 0 Å². The van der Waals surface area contributed by atoms with Gasteiger partial charge in [0, 0.05) is 44.5 Å². The van der Waals surface area contributed by atoms with Crippen LogP contribution in [0.2, 0.25) is 0 Å². The third kappa shape index (κ3) is 2.78. The summed E-state index contributed by atoms with van der Waals surface area (Å²) in [6.07, 6.45) is 2.00. The first-order valence-electron chi connectivity index (χ1n) is 14.3. The molecule has 0 radical (unpaired) electrons. The molecule has 0 saturated heterocycles. The van der Waals surface area contributed by atoms with Gasteiger partial charge in [0.1, 0.15) is 11.2 Å². The van der Waals surface area contributed by atoms with Gasteiger partial charge in [-0.3, -0.25) is 0 Å². The number of rotatable bonds is 2. The van der Waals surface area contributed by atoms with Crippen LogP contribution in [-0.4, -0.2) is 9.13 Å². The molecule has 1 aliphatic carbocycles. The molecule has 6 aromatic carbocycles. The van der Waals surface area contributed by atoms with E-state index in [0.717, 1.165) is 35.4 Å². The molecule has 0 unspecified atom stereocenters. The fraction of sp³-hybridized carbons (Fsp3) is 0.0526. The number of aryl methyl sites for hydroxylation is 2. The lowest BCUT2D eigenvalue weighted by atomic mass is 9.90. The Labute approximate surface area is 235 Å².